The molecule has 2 aromatic carbocycles. The lowest BCUT2D eigenvalue weighted by Crippen LogP contribution is -2.19. The van der Waals surface area contributed by atoms with Gasteiger partial charge in [0.05, 0.1) is 0 Å². The molecule has 7 nitrogen and oxygen atoms in total. The van der Waals surface area contributed by atoms with E-state index in [4.69, 9.17) is 15.0 Å². The summed E-state index contributed by atoms with van der Waals surface area (Å²) >= 11 is 0. The third-order valence-electron chi connectivity index (χ3n) is 4.57. The number of nitrogens with two attached hydrogens (primary N) is 1. The average molecular weight is 376 g/mol. The number of para-hydroxylation sites is 1. The number of primary amides is 1. The first-order valence-corrected chi connectivity index (χ1v) is 9.00. The molecule has 28 heavy (non-hydrogen) atoms. The molecule has 0 aliphatic carbocycles. The second-order valence-electron chi connectivity index (χ2n) is 6.69. The highest BCUT2D eigenvalue weighted by Gasteiger charge is 2.16. The minimum Gasteiger partial charge on any atom is -0.484 e. The lowest BCUT2D eigenvalue weighted by molar-refractivity contribution is -0.119. The van der Waals surface area contributed by atoms with Crippen molar-refractivity contribution < 1.29 is 14.1 Å². The van der Waals surface area contributed by atoms with Gasteiger partial charge in [0.1, 0.15) is 5.75 Å². The molecular formula is C21H20N4O3. The van der Waals surface area contributed by atoms with Crippen LogP contribution in [-0.4, -0.2) is 27.6 Å². The zero-order valence-corrected chi connectivity index (χ0v) is 15.4. The highest BCUT2D eigenvalue weighted by molar-refractivity contribution is 5.83. The highest BCUT2D eigenvalue weighted by Crippen LogP contribution is 2.28. The Labute approximate surface area is 161 Å². The van der Waals surface area contributed by atoms with Crippen LogP contribution in [-0.2, 0) is 11.2 Å². The number of H-pyrrole nitrogens is 1. The van der Waals surface area contributed by atoms with E-state index in [2.05, 4.69) is 34.2 Å². The number of amides is 1. The Morgan fingerprint density at radius 2 is 2.11 bits per heavy atom. The van der Waals surface area contributed by atoms with Crippen LogP contribution in [0.1, 0.15) is 24.3 Å². The molecule has 0 aliphatic heterocycles. The molecule has 4 aromatic rings. The second kappa shape index (κ2) is 7.56. The fraction of sp³-hybridized carbons (Fsp3) is 0.190. The molecule has 0 fully saturated rings. The van der Waals surface area contributed by atoms with Crippen molar-refractivity contribution in [2.24, 2.45) is 5.73 Å². The number of rotatable bonds is 7. The minimum absolute atomic E-state index is 0.177. The molecule has 3 N–H and O–H groups in total. The fourth-order valence-corrected chi connectivity index (χ4v) is 3.21. The van der Waals surface area contributed by atoms with Gasteiger partial charge < -0.3 is 20.0 Å². The minimum atomic E-state index is -0.529. The van der Waals surface area contributed by atoms with Gasteiger partial charge in [-0.05, 0) is 29.7 Å². The van der Waals surface area contributed by atoms with Gasteiger partial charge in [0.2, 0.25) is 11.7 Å². The first kappa shape index (κ1) is 17.8. The van der Waals surface area contributed by atoms with Crippen molar-refractivity contribution in [1.82, 2.24) is 15.1 Å². The van der Waals surface area contributed by atoms with Crippen molar-refractivity contribution in [3.8, 4) is 17.1 Å². The third kappa shape index (κ3) is 3.73. The largest absolute Gasteiger partial charge is 0.484 e. The first-order chi connectivity index (χ1) is 13.6. The summed E-state index contributed by atoms with van der Waals surface area (Å²) in [4.78, 5) is 18.7. The molecule has 1 atom stereocenters. The summed E-state index contributed by atoms with van der Waals surface area (Å²) in [6.45, 7) is 1.96. The maximum absolute atomic E-state index is 10.9. The zero-order chi connectivity index (χ0) is 19.5. The Kier molecular flexibility index (Phi) is 4.80. The van der Waals surface area contributed by atoms with Crippen molar-refractivity contribution in [2.45, 2.75) is 19.3 Å². The van der Waals surface area contributed by atoms with Gasteiger partial charge in [-0.1, -0.05) is 42.4 Å². The molecule has 0 saturated heterocycles. The SMILES string of the molecule is CC(Cc1nc(-c2cccc(OCC(N)=O)c2)no1)c1c[nH]c2ccccc12. The van der Waals surface area contributed by atoms with Gasteiger partial charge in [0.15, 0.2) is 6.61 Å². The first-order valence-electron chi connectivity index (χ1n) is 9.00. The molecule has 2 heterocycles. The Bertz CT molecular complexity index is 1120. The van der Waals surface area contributed by atoms with Crippen LogP contribution in [0.25, 0.3) is 22.3 Å². The topological polar surface area (TPSA) is 107 Å². The van der Waals surface area contributed by atoms with E-state index in [1.54, 1.807) is 18.2 Å². The number of aromatic nitrogens is 3. The number of aromatic amines is 1. The molecule has 7 heteroatoms. The Morgan fingerprint density at radius 3 is 2.96 bits per heavy atom. The van der Waals surface area contributed by atoms with Gasteiger partial charge in [-0.15, -0.1) is 0 Å². The number of fused-ring (bicyclic) bond motifs is 1. The van der Waals surface area contributed by atoms with Gasteiger partial charge in [-0.25, -0.2) is 0 Å². The number of nitrogens with one attached hydrogen (secondary N) is 1. The van der Waals surface area contributed by atoms with Crippen LogP contribution in [0.3, 0.4) is 0 Å². The molecule has 0 spiro atoms. The monoisotopic (exact) mass is 376 g/mol. The van der Waals surface area contributed by atoms with Gasteiger partial charge in [0, 0.05) is 29.1 Å². The summed E-state index contributed by atoms with van der Waals surface area (Å²) in [6.07, 6.45) is 2.67. The Morgan fingerprint density at radius 1 is 1.25 bits per heavy atom. The summed E-state index contributed by atoms with van der Waals surface area (Å²) in [7, 11) is 0. The average Bonchev–Trinajstić information content (AvgIpc) is 3.33. The smallest absolute Gasteiger partial charge is 0.255 e. The maximum Gasteiger partial charge on any atom is 0.255 e. The van der Waals surface area contributed by atoms with Crippen LogP contribution < -0.4 is 10.5 Å². The normalized spacial score (nSPS) is 12.2. The summed E-state index contributed by atoms with van der Waals surface area (Å²) in [5, 5.41) is 5.28. The van der Waals surface area contributed by atoms with E-state index >= 15 is 0 Å². The van der Waals surface area contributed by atoms with Crippen molar-refractivity contribution in [3.05, 3.63) is 66.2 Å². The molecule has 0 radical (unpaired) electrons. The predicted octanol–water partition coefficient (Wildman–Crippen LogP) is 3.43. The Hall–Kier alpha value is -3.61. The van der Waals surface area contributed by atoms with Crippen molar-refractivity contribution in [1.29, 1.82) is 0 Å². The third-order valence-corrected chi connectivity index (χ3v) is 4.57. The molecule has 0 aliphatic rings. The molecular weight excluding hydrogens is 356 g/mol. The van der Waals surface area contributed by atoms with Gasteiger partial charge >= 0.3 is 0 Å². The van der Waals surface area contributed by atoms with Crippen LogP contribution in [0, 0.1) is 0 Å². The lowest BCUT2D eigenvalue weighted by Gasteiger charge is -2.07. The van der Waals surface area contributed by atoms with Crippen LogP contribution in [0.4, 0.5) is 0 Å². The van der Waals surface area contributed by atoms with E-state index in [0.29, 0.717) is 23.9 Å². The number of carbonyl (C=O) groups excluding carboxylic acids is 1. The Balaban J connectivity index is 1.50. The highest BCUT2D eigenvalue weighted by atomic mass is 16.5. The van der Waals surface area contributed by atoms with E-state index in [0.717, 1.165) is 11.1 Å². The van der Waals surface area contributed by atoms with Crippen LogP contribution in [0.15, 0.2) is 59.3 Å². The van der Waals surface area contributed by atoms with Gasteiger partial charge in [-0.2, -0.15) is 4.98 Å². The van der Waals surface area contributed by atoms with Crippen molar-refractivity contribution in [3.63, 3.8) is 0 Å². The summed E-state index contributed by atoms with van der Waals surface area (Å²) in [5.41, 5.74) is 8.19. The molecule has 4 rings (SSSR count). The lowest BCUT2D eigenvalue weighted by atomic mass is 9.97. The standard InChI is InChI=1S/C21H20N4O3/c1-13(17-11-23-18-8-3-2-7-16(17)18)9-20-24-21(25-28-20)14-5-4-6-15(10-14)27-12-19(22)26/h2-8,10-11,13,23H,9,12H2,1H3,(H2,22,26). The van der Waals surface area contributed by atoms with Gasteiger partial charge in [-0.3, -0.25) is 4.79 Å². The quantitative estimate of drug-likeness (QED) is 0.514. The van der Waals surface area contributed by atoms with Crippen molar-refractivity contribution in [2.75, 3.05) is 6.61 Å². The molecule has 1 unspecified atom stereocenters. The summed E-state index contributed by atoms with van der Waals surface area (Å²) in [6, 6.07) is 15.4. The van der Waals surface area contributed by atoms with Crippen molar-refractivity contribution >= 4 is 16.8 Å². The molecule has 1 amide bonds. The van der Waals surface area contributed by atoms with E-state index < -0.39 is 5.91 Å². The predicted molar refractivity (Wildman–Crippen MR) is 105 cm³/mol. The van der Waals surface area contributed by atoms with Crippen LogP contribution >= 0.6 is 0 Å². The number of nitrogens with zero attached hydrogens (tertiary/aromatic N) is 2. The van der Waals surface area contributed by atoms with Crippen LogP contribution in [0.5, 0.6) is 5.75 Å². The molecule has 0 bridgehead atoms. The number of hydrogen-bond donors (Lipinski definition) is 2. The molecule has 142 valence electrons. The summed E-state index contributed by atoms with van der Waals surface area (Å²) in [5.74, 6) is 1.25. The number of hydrogen-bond acceptors (Lipinski definition) is 5. The molecule has 2 aromatic heterocycles. The molecule has 0 saturated carbocycles. The second-order valence-corrected chi connectivity index (χ2v) is 6.69. The zero-order valence-electron chi connectivity index (χ0n) is 15.4. The van der Waals surface area contributed by atoms with E-state index in [-0.39, 0.29) is 12.5 Å². The van der Waals surface area contributed by atoms with E-state index in [9.17, 15) is 4.79 Å². The number of benzene rings is 2. The summed E-state index contributed by atoms with van der Waals surface area (Å²) < 4.78 is 10.8. The maximum atomic E-state index is 10.9. The fourth-order valence-electron chi connectivity index (χ4n) is 3.21. The number of ether oxygens (including phenoxy) is 1. The number of carbonyl (C=O) groups is 1. The van der Waals surface area contributed by atoms with Gasteiger partial charge in [0.25, 0.3) is 5.91 Å². The van der Waals surface area contributed by atoms with E-state index in [1.807, 2.05) is 24.4 Å². The van der Waals surface area contributed by atoms with E-state index in [1.165, 1.54) is 10.9 Å². The van der Waals surface area contributed by atoms with Crippen LogP contribution in [0.2, 0.25) is 0 Å².